The molecule has 0 aliphatic carbocycles. The first-order valence-corrected chi connectivity index (χ1v) is 14.0. The molecule has 1 saturated heterocycles. The third-order valence-corrected chi connectivity index (χ3v) is 7.39. The summed E-state index contributed by atoms with van der Waals surface area (Å²) in [4.78, 5) is 18.9. The summed E-state index contributed by atoms with van der Waals surface area (Å²) in [5.41, 5.74) is 3.79. The van der Waals surface area contributed by atoms with Crippen LogP contribution in [0.15, 0.2) is 73.1 Å². The van der Waals surface area contributed by atoms with Gasteiger partial charge in [0.2, 0.25) is 0 Å². The van der Waals surface area contributed by atoms with Crippen molar-refractivity contribution in [2.24, 2.45) is 12.5 Å². The maximum atomic E-state index is 6.18. The van der Waals surface area contributed by atoms with Crippen LogP contribution in [0.5, 0.6) is 0 Å². The van der Waals surface area contributed by atoms with E-state index in [2.05, 4.69) is 77.5 Å². The van der Waals surface area contributed by atoms with E-state index < -0.39 is 5.79 Å². The van der Waals surface area contributed by atoms with Crippen LogP contribution in [-0.4, -0.2) is 53.5 Å². The zero-order chi connectivity index (χ0) is 28.5. The number of anilines is 1. The molecule has 5 aromatic rings. The summed E-state index contributed by atoms with van der Waals surface area (Å²) in [6.45, 7) is 8.93. The van der Waals surface area contributed by atoms with Gasteiger partial charge in [-0.15, -0.1) is 4.80 Å². The Hall–Kier alpha value is -4.15. The highest BCUT2D eigenvalue weighted by Crippen LogP contribution is 2.33. The molecule has 1 aliphatic rings. The number of aryl methyl sites for hydroxylation is 2. The van der Waals surface area contributed by atoms with Crippen molar-refractivity contribution < 1.29 is 9.47 Å². The molecule has 1 aliphatic heterocycles. The smallest absolute Gasteiger partial charge is 0.251 e. The number of benzene rings is 2. The van der Waals surface area contributed by atoms with Crippen LogP contribution in [0, 0.1) is 5.41 Å². The molecule has 6 rings (SSSR count). The SMILES string of the molecule is Cn1c(-n2nccn2)nc2c(N(Cc3ccccc3)Cc3ccccc3)nc(CCC3(C)OCC(C)(C)CO3)nc21. The summed E-state index contributed by atoms with van der Waals surface area (Å²) in [6.07, 6.45) is 4.50. The number of aromatic nitrogens is 7. The van der Waals surface area contributed by atoms with Crippen LogP contribution in [0.4, 0.5) is 5.82 Å². The highest BCUT2D eigenvalue weighted by Gasteiger charge is 2.37. The number of fused-ring (bicyclic) bond motifs is 1. The number of nitrogens with zero attached hydrogens (tertiary/aromatic N) is 8. The molecule has 0 spiro atoms. The molecule has 10 heteroatoms. The minimum absolute atomic E-state index is 0.00309. The van der Waals surface area contributed by atoms with Crippen molar-refractivity contribution in [2.45, 2.75) is 52.5 Å². The maximum absolute atomic E-state index is 6.18. The van der Waals surface area contributed by atoms with Crippen LogP contribution in [0.1, 0.15) is 44.1 Å². The second-order valence-electron chi connectivity index (χ2n) is 11.6. The molecule has 0 amide bonds. The van der Waals surface area contributed by atoms with Crippen LogP contribution >= 0.6 is 0 Å². The van der Waals surface area contributed by atoms with E-state index >= 15 is 0 Å². The minimum atomic E-state index is -0.682. The summed E-state index contributed by atoms with van der Waals surface area (Å²) >= 11 is 0. The van der Waals surface area contributed by atoms with Crippen LogP contribution in [0.3, 0.4) is 0 Å². The summed E-state index contributed by atoms with van der Waals surface area (Å²) in [5.74, 6) is 1.37. The Morgan fingerprint density at radius 1 is 0.805 bits per heavy atom. The molecule has 0 bridgehead atoms. The molecule has 0 N–H and O–H groups in total. The maximum Gasteiger partial charge on any atom is 0.251 e. The average Bonchev–Trinajstić information content (AvgIpc) is 3.63. The predicted octanol–water partition coefficient (Wildman–Crippen LogP) is 4.87. The molecule has 212 valence electrons. The molecule has 1 fully saturated rings. The van der Waals surface area contributed by atoms with E-state index in [-0.39, 0.29) is 5.41 Å². The van der Waals surface area contributed by atoms with Gasteiger partial charge in [0.25, 0.3) is 5.95 Å². The molecule has 41 heavy (non-hydrogen) atoms. The Balaban J connectivity index is 1.42. The minimum Gasteiger partial charge on any atom is -0.350 e. The normalized spacial score (nSPS) is 16.2. The van der Waals surface area contributed by atoms with Crippen molar-refractivity contribution in [3.63, 3.8) is 0 Å². The second-order valence-corrected chi connectivity index (χ2v) is 11.6. The van der Waals surface area contributed by atoms with Crippen molar-refractivity contribution in [2.75, 3.05) is 18.1 Å². The lowest BCUT2D eigenvalue weighted by Crippen LogP contribution is -2.45. The van der Waals surface area contributed by atoms with Gasteiger partial charge in [0.1, 0.15) is 5.82 Å². The molecule has 2 aromatic carbocycles. The van der Waals surface area contributed by atoms with Gasteiger partial charge in [-0.25, -0.2) is 15.0 Å². The van der Waals surface area contributed by atoms with Crippen molar-refractivity contribution >= 4 is 17.0 Å². The molecule has 0 unspecified atom stereocenters. The first kappa shape index (κ1) is 27.0. The van der Waals surface area contributed by atoms with E-state index in [1.807, 2.05) is 30.7 Å². The van der Waals surface area contributed by atoms with Gasteiger partial charge >= 0.3 is 0 Å². The lowest BCUT2D eigenvalue weighted by Gasteiger charge is -2.41. The number of imidazole rings is 1. The van der Waals surface area contributed by atoms with Crippen molar-refractivity contribution in [3.05, 3.63) is 90.0 Å². The molecular formula is C31H36N8O2. The average molecular weight is 553 g/mol. The fourth-order valence-corrected chi connectivity index (χ4v) is 4.99. The van der Waals surface area contributed by atoms with Gasteiger partial charge in [-0.1, -0.05) is 74.5 Å². The fraction of sp³-hybridized carbons (Fsp3) is 0.387. The topological polar surface area (TPSA) is 96.0 Å². The first-order chi connectivity index (χ1) is 19.8. The molecule has 0 radical (unpaired) electrons. The van der Waals surface area contributed by atoms with Gasteiger partial charge in [0.15, 0.2) is 22.8 Å². The Kier molecular flexibility index (Phi) is 7.27. The molecule has 0 saturated carbocycles. The van der Waals surface area contributed by atoms with Gasteiger partial charge in [-0.3, -0.25) is 4.57 Å². The predicted molar refractivity (Wildman–Crippen MR) is 156 cm³/mol. The van der Waals surface area contributed by atoms with E-state index in [4.69, 9.17) is 24.4 Å². The Morgan fingerprint density at radius 2 is 1.39 bits per heavy atom. The lowest BCUT2D eigenvalue weighted by molar-refractivity contribution is -0.291. The van der Waals surface area contributed by atoms with Gasteiger partial charge in [0.05, 0.1) is 25.6 Å². The first-order valence-electron chi connectivity index (χ1n) is 14.0. The van der Waals surface area contributed by atoms with Crippen molar-refractivity contribution in [3.8, 4) is 5.95 Å². The summed E-state index contributed by atoms with van der Waals surface area (Å²) in [7, 11) is 1.93. The highest BCUT2D eigenvalue weighted by atomic mass is 16.7. The summed E-state index contributed by atoms with van der Waals surface area (Å²) in [6, 6.07) is 20.8. The van der Waals surface area contributed by atoms with Crippen LogP contribution < -0.4 is 4.90 Å². The molecule has 0 atom stereocenters. The highest BCUT2D eigenvalue weighted by molar-refractivity contribution is 5.85. The molecule has 10 nitrogen and oxygen atoms in total. The Morgan fingerprint density at radius 3 is 1.98 bits per heavy atom. The van der Waals surface area contributed by atoms with Gasteiger partial charge in [0, 0.05) is 38.4 Å². The second kappa shape index (κ2) is 11.0. The van der Waals surface area contributed by atoms with Crippen LogP contribution in [0.25, 0.3) is 17.1 Å². The quantitative estimate of drug-likeness (QED) is 0.256. The Labute approximate surface area is 240 Å². The van der Waals surface area contributed by atoms with Gasteiger partial charge in [-0.05, 0) is 18.1 Å². The zero-order valence-corrected chi connectivity index (χ0v) is 24.1. The molecule has 4 heterocycles. The number of ether oxygens (including phenoxy) is 2. The van der Waals surface area contributed by atoms with Crippen LogP contribution in [-0.2, 0) is 36.0 Å². The zero-order valence-electron chi connectivity index (χ0n) is 24.1. The van der Waals surface area contributed by atoms with Crippen LogP contribution in [0.2, 0.25) is 0 Å². The third-order valence-electron chi connectivity index (χ3n) is 7.39. The number of hydrogen-bond donors (Lipinski definition) is 0. The van der Waals surface area contributed by atoms with Gasteiger partial charge in [-0.2, -0.15) is 10.2 Å². The van der Waals surface area contributed by atoms with E-state index in [1.165, 1.54) is 15.9 Å². The van der Waals surface area contributed by atoms with Gasteiger partial charge < -0.3 is 14.4 Å². The summed E-state index contributed by atoms with van der Waals surface area (Å²) < 4.78 is 14.3. The standard InChI is InChI=1S/C31H36N8O2/c1-30(2)21-40-31(3,41-22-30)16-15-25-34-27-26(36-29(37(27)4)39-32-17-18-33-39)28(35-25)38(19-23-11-7-5-8-12-23)20-24-13-9-6-10-14-24/h5-14,17-18H,15-16,19-22H2,1-4H3. The largest absolute Gasteiger partial charge is 0.350 e. The van der Waals surface area contributed by atoms with E-state index in [0.717, 1.165) is 11.5 Å². The Bertz CT molecular complexity index is 1550. The lowest BCUT2D eigenvalue weighted by atomic mass is 9.94. The van der Waals surface area contributed by atoms with Crippen molar-refractivity contribution in [1.29, 1.82) is 0 Å². The van der Waals surface area contributed by atoms with E-state index in [1.54, 1.807) is 12.4 Å². The monoisotopic (exact) mass is 552 g/mol. The number of rotatable bonds is 9. The fourth-order valence-electron chi connectivity index (χ4n) is 4.99. The van der Waals surface area contributed by atoms with Crippen molar-refractivity contribution in [1.82, 2.24) is 34.5 Å². The number of hydrogen-bond acceptors (Lipinski definition) is 8. The molecule has 3 aromatic heterocycles. The third kappa shape index (κ3) is 5.98. The van der Waals surface area contributed by atoms with E-state index in [9.17, 15) is 0 Å². The molecular weight excluding hydrogens is 516 g/mol. The summed E-state index contributed by atoms with van der Waals surface area (Å²) in [5, 5.41) is 8.64. The van der Waals surface area contributed by atoms with E-state index in [0.29, 0.717) is 56.4 Å².